The Morgan fingerprint density at radius 3 is 2.70 bits per heavy atom. The second-order valence-electron chi connectivity index (χ2n) is 4.55. The molecule has 0 aliphatic heterocycles. The lowest BCUT2D eigenvalue weighted by Crippen LogP contribution is -2.11. The van der Waals surface area contributed by atoms with Gasteiger partial charge >= 0.3 is 0 Å². The summed E-state index contributed by atoms with van der Waals surface area (Å²) in [6.07, 6.45) is 0.837. The van der Waals surface area contributed by atoms with E-state index in [-0.39, 0.29) is 11.9 Å². The number of ether oxygens (including phenoxy) is 1. The molecule has 0 fully saturated rings. The average Bonchev–Trinajstić information content (AvgIpc) is 2.48. The van der Waals surface area contributed by atoms with Crippen molar-refractivity contribution in [3.63, 3.8) is 0 Å². The van der Waals surface area contributed by atoms with E-state index >= 15 is 0 Å². The maximum atomic E-state index is 13.4. The molecule has 2 aromatic rings. The van der Waals surface area contributed by atoms with Crippen molar-refractivity contribution in [2.24, 2.45) is 5.73 Å². The van der Waals surface area contributed by atoms with Crippen molar-refractivity contribution in [2.45, 2.75) is 26.0 Å². The monoisotopic (exact) mass is 337 g/mol. The van der Waals surface area contributed by atoms with Gasteiger partial charge in [-0.25, -0.2) is 4.39 Å². The number of benzene rings is 2. The van der Waals surface area contributed by atoms with Crippen LogP contribution in [0.25, 0.3) is 0 Å². The summed E-state index contributed by atoms with van der Waals surface area (Å²) in [5.74, 6) is 0.461. The van der Waals surface area contributed by atoms with Crippen LogP contribution in [0, 0.1) is 5.82 Å². The van der Waals surface area contributed by atoms with E-state index in [0.29, 0.717) is 11.1 Å². The molecule has 1 atom stereocenters. The van der Waals surface area contributed by atoms with Gasteiger partial charge in [0.2, 0.25) is 0 Å². The third-order valence-electron chi connectivity index (χ3n) is 3.17. The molecule has 0 aliphatic rings. The number of nitrogens with two attached hydrogens (primary N) is 1. The Bertz CT molecular complexity index is 588. The largest absolute Gasteiger partial charge is 0.489 e. The molecule has 0 saturated heterocycles. The lowest BCUT2D eigenvalue weighted by molar-refractivity contribution is 0.299. The van der Waals surface area contributed by atoms with E-state index in [1.54, 1.807) is 6.07 Å². The first kappa shape index (κ1) is 15.0. The molecule has 2 N–H and O–H groups in total. The molecule has 0 saturated carbocycles. The molecule has 2 rings (SSSR count). The molecule has 2 nitrogen and oxygen atoms in total. The third kappa shape index (κ3) is 3.38. The van der Waals surface area contributed by atoms with Gasteiger partial charge < -0.3 is 10.5 Å². The number of rotatable bonds is 5. The second kappa shape index (κ2) is 6.86. The lowest BCUT2D eigenvalue weighted by atomic mass is 10.0. The number of para-hydroxylation sites is 1. The van der Waals surface area contributed by atoms with Gasteiger partial charge in [0.1, 0.15) is 18.2 Å². The fraction of sp³-hybridized carbons (Fsp3) is 0.250. The molecule has 0 heterocycles. The average molecular weight is 338 g/mol. The summed E-state index contributed by atoms with van der Waals surface area (Å²) in [6, 6.07) is 12.5. The minimum atomic E-state index is -0.287. The van der Waals surface area contributed by atoms with Crippen LogP contribution in [0.3, 0.4) is 0 Å². The van der Waals surface area contributed by atoms with Crippen molar-refractivity contribution in [3.05, 3.63) is 63.9 Å². The normalized spacial score (nSPS) is 12.2. The van der Waals surface area contributed by atoms with Crippen LogP contribution < -0.4 is 10.5 Å². The molecule has 0 bridgehead atoms. The fourth-order valence-electron chi connectivity index (χ4n) is 1.95. The Morgan fingerprint density at radius 1 is 1.20 bits per heavy atom. The maximum absolute atomic E-state index is 13.4. The highest BCUT2D eigenvalue weighted by Gasteiger charge is 2.11. The van der Waals surface area contributed by atoms with Crippen molar-refractivity contribution < 1.29 is 9.13 Å². The van der Waals surface area contributed by atoms with E-state index in [2.05, 4.69) is 15.9 Å². The van der Waals surface area contributed by atoms with Gasteiger partial charge in [-0.1, -0.05) is 37.3 Å². The minimum Gasteiger partial charge on any atom is -0.489 e. The Labute approximate surface area is 126 Å². The van der Waals surface area contributed by atoms with Gasteiger partial charge in [0, 0.05) is 17.2 Å². The van der Waals surface area contributed by atoms with Crippen LogP contribution in [0.5, 0.6) is 5.75 Å². The summed E-state index contributed by atoms with van der Waals surface area (Å²) in [5, 5.41) is 0. The summed E-state index contributed by atoms with van der Waals surface area (Å²) >= 11 is 3.24. The Morgan fingerprint density at radius 2 is 1.95 bits per heavy atom. The zero-order valence-corrected chi connectivity index (χ0v) is 12.9. The first-order valence-corrected chi connectivity index (χ1v) is 7.33. The van der Waals surface area contributed by atoms with E-state index in [4.69, 9.17) is 10.5 Å². The van der Waals surface area contributed by atoms with E-state index in [1.165, 1.54) is 6.07 Å². The maximum Gasteiger partial charge on any atom is 0.137 e. The van der Waals surface area contributed by atoms with Crippen LogP contribution in [-0.4, -0.2) is 0 Å². The highest BCUT2D eigenvalue weighted by atomic mass is 79.9. The molecule has 0 radical (unpaired) electrons. The minimum absolute atomic E-state index is 0.0536. The highest BCUT2D eigenvalue weighted by Crippen LogP contribution is 2.27. The van der Waals surface area contributed by atoms with E-state index in [1.807, 2.05) is 37.3 Å². The van der Waals surface area contributed by atoms with E-state index in [9.17, 15) is 4.39 Å². The molecule has 0 aliphatic carbocycles. The molecule has 0 spiro atoms. The zero-order chi connectivity index (χ0) is 14.5. The standard InChI is InChI=1S/C16H17BrFNO/c1-2-14(19)12-7-3-4-9-15(12)20-10-11-6-5-8-13(18)16(11)17/h3-9,14H,2,10,19H2,1H3. The van der Waals surface area contributed by atoms with Gasteiger partial charge in [-0.3, -0.25) is 0 Å². The molecule has 4 heteroatoms. The van der Waals surface area contributed by atoms with Gasteiger partial charge in [0.15, 0.2) is 0 Å². The quantitative estimate of drug-likeness (QED) is 0.866. The summed E-state index contributed by atoms with van der Waals surface area (Å²) in [6.45, 7) is 2.33. The predicted molar refractivity (Wildman–Crippen MR) is 82.1 cm³/mol. The molecular weight excluding hydrogens is 321 g/mol. The van der Waals surface area contributed by atoms with Gasteiger partial charge in [-0.15, -0.1) is 0 Å². The Hall–Kier alpha value is -1.39. The molecule has 106 valence electrons. The summed E-state index contributed by atoms with van der Waals surface area (Å²) in [7, 11) is 0. The first-order chi connectivity index (χ1) is 9.63. The molecule has 20 heavy (non-hydrogen) atoms. The van der Waals surface area contributed by atoms with Crippen LogP contribution in [0.1, 0.15) is 30.5 Å². The first-order valence-electron chi connectivity index (χ1n) is 6.53. The molecule has 0 aromatic heterocycles. The topological polar surface area (TPSA) is 35.2 Å². The van der Waals surface area contributed by atoms with Crippen molar-refractivity contribution in [1.29, 1.82) is 0 Å². The van der Waals surface area contributed by atoms with Crippen LogP contribution in [-0.2, 0) is 6.61 Å². The van der Waals surface area contributed by atoms with Crippen LogP contribution >= 0.6 is 15.9 Å². The number of hydrogen-bond donors (Lipinski definition) is 1. The zero-order valence-electron chi connectivity index (χ0n) is 11.3. The summed E-state index contributed by atoms with van der Waals surface area (Å²) < 4.78 is 19.7. The Balaban J connectivity index is 2.17. The summed E-state index contributed by atoms with van der Waals surface area (Å²) in [5.41, 5.74) is 7.81. The molecular formula is C16H17BrFNO. The summed E-state index contributed by atoms with van der Waals surface area (Å²) in [4.78, 5) is 0. The second-order valence-corrected chi connectivity index (χ2v) is 5.35. The highest BCUT2D eigenvalue weighted by molar-refractivity contribution is 9.10. The van der Waals surface area contributed by atoms with E-state index < -0.39 is 0 Å². The smallest absolute Gasteiger partial charge is 0.137 e. The molecule has 0 amide bonds. The van der Waals surface area contributed by atoms with Gasteiger partial charge in [-0.2, -0.15) is 0 Å². The van der Waals surface area contributed by atoms with Crippen molar-refractivity contribution in [2.75, 3.05) is 0 Å². The number of hydrogen-bond acceptors (Lipinski definition) is 2. The fourth-order valence-corrected chi connectivity index (χ4v) is 2.33. The number of halogens is 2. The third-order valence-corrected chi connectivity index (χ3v) is 4.06. The van der Waals surface area contributed by atoms with Gasteiger partial charge in [0.05, 0.1) is 4.47 Å². The van der Waals surface area contributed by atoms with Crippen molar-refractivity contribution in [1.82, 2.24) is 0 Å². The van der Waals surface area contributed by atoms with Crippen LogP contribution in [0.4, 0.5) is 4.39 Å². The van der Waals surface area contributed by atoms with Crippen molar-refractivity contribution in [3.8, 4) is 5.75 Å². The molecule has 1 unspecified atom stereocenters. The predicted octanol–water partition coefficient (Wildman–Crippen LogP) is 4.58. The van der Waals surface area contributed by atoms with Crippen LogP contribution in [0.15, 0.2) is 46.9 Å². The van der Waals surface area contributed by atoms with E-state index in [0.717, 1.165) is 23.3 Å². The van der Waals surface area contributed by atoms with Gasteiger partial charge in [0.25, 0.3) is 0 Å². The Kier molecular flexibility index (Phi) is 5.15. The van der Waals surface area contributed by atoms with Gasteiger partial charge in [-0.05, 0) is 34.5 Å². The van der Waals surface area contributed by atoms with Crippen molar-refractivity contribution >= 4 is 15.9 Å². The SMILES string of the molecule is CCC(N)c1ccccc1OCc1cccc(F)c1Br. The lowest BCUT2D eigenvalue weighted by Gasteiger charge is -2.16. The van der Waals surface area contributed by atoms with Crippen LogP contribution in [0.2, 0.25) is 0 Å². The molecule has 2 aromatic carbocycles.